The first kappa shape index (κ1) is 24.8. The van der Waals surface area contributed by atoms with Crippen molar-refractivity contribution in [3.05, 3.63) is 69.8 Å². The van der Waals surface area contributed by atoms with Gasteiger partial charge in [0.25, 0.3) is 11.7 Å². The third kappa shape index (κ3) is 5.57. The van der Waals surface area contributed by atoms with Crippen LogP contribution in [0.25, 0.3) is 5.76 Å². The van der Waals surface area contributed by atoms with Gasteiger partial charge in [-0.3, -0.25) is 9.59 Å². The Morgan fingerprint density at radius 2 is 1.85 bits per heavy atom. The van der Waals surface area contributed by atoms with Gasteiger partial charge in [0.1, 0.15) is 11.5 Å². The number of aliphatic hydroxyl groups excluding tert-OH is 1. The molecule has 1 atom stereocenters. The number of hydrogen-bond donors (Lipinski definition) is 1. The first-order chi connectivity index (χ1) is 15.7. The van der Waals surface area contributed by atoms with Gasteiger partial charge in [-0.1, -0.05) is 37.6 Å². The molecule has 1 amide bonds. The van der Waals surface area contributed by atoms with Crippen molar-refractivity contribution < 1.29 is 24.2 Å². The molecule has 0 saturated carbocycles. The molecule has 0 aliphatic carbocycles. The second-order valence-corrected chi connectivity index (χ2v) is 9.01. The molecule has 0 radical (unpaired) electrons. The predicted octanol–water partition coefficient (Wildman–Crippen LogP) is 5.14. The molecule has 0 aromatic heterocycles. The second kappa shape index (κ2) is 10.9. The molecule has 1 aliphatic rings. The molecular formula is C26H30ClNO5. The fourth-order valence-corrected chi connectivity index (χ4v) is 3.98. The Bertz CT molecular complexity index is 1050. The molecule has 2 aromatic carbocycles. The normalized spacial score (nSPS) is 17.8. The Morgan fingerprint density at radius 1 is 1.15 bits per heavy atom. The van der Waals surface area contributed by atoms with Crippen molar-refractivity contribution in [2.75, 3.05) is 26.9 Å². The SMILES string of the molecule is COCCCN1C(=O)C(=O)/C(=C(/O)c2ccc(OCC(C)C)c(C)c2)[C@H]1c1ccc(Cl)cc1. The number of halogens is 1. The summed E-state index contributed by atoms with van der Waals surface area (Å²) in [6.07, 6.45) is 0.564. The van der Waals surface area contributed by atoms with E-state index in [1.54, 1.807) is 49.6 Å². The number of ketones is 1. The zero-order valence-corrected chi connectivity index (χ0v) is 20.2. The van der Waals surface area contributed by atoms with Crippen LogP contribution >= 0.6 is 11.6 Å². The molecule has 0 unspecified atom stereocenters. The molecule has 1 saturated heterocycles. The van der Waals surface area contributed by atoms with Crippen LogP contribution in [0.15, 0.2) is 48.0 Å². The van der Waals surface area contributed by atoms with E-state index in [1.165, 1.54) is 4.90 Å². The third-order valence-electron chi connectivity index (χ3n) is 5.49. The summed E-state index contributed by atoms with van der Waals surface area (Å²) in [5, 5.41) is 11.8. The average Bonchev–Trinajstić information content (AvgIpc) is 3.03. The number of methoxy groups -OCH3 is 1. The fourth-order valence-electron chi connectivity index (χ4n) is 3.85. The summed E-state index contributed by atoms with van der Waals surface area (Å²) in [5.74, 6) is -0.453. The van der Waals surface area contributed by atoms with Gasteiger partial charge in [0.05, 0.1) is 18.2 Å². The molecule has 3 rings (SSSR count). The van der Waals surface area contributed by atoms with Gasteiger partial charge in [0.2, 0.25) is 0 Å². The van der Waals surface area contributed by atoms with Crippen molar-refractivity contribution in [1.82, 2.24) is 4.90 Å². The van der Waals surface area contributed by atoms with Crippen LogP contribution in [0.3, 0.4) is 0 Å². The standard InChI is InChI=1S/C26H30ClNO5/c1-16(2)15-33-21-11-8-19(14-17(21)3)24(29)22-23(18-6-9-20(27)10-7-18)28(12-5-13-32-4)26(31)25(22)30/h6-11,14,16,23,29H,5,12-13,15H2,1-4H3/b24-22+/t23-/m1/s1. The largest absolute Gasteiger partial charge is 0.507 e. The van der Waals surface area contributed by atoms with Crippen molar-refractivity contribution >= 4 is 29.1 Å². The number of carbonyl (C=O) groups excluding carboxylic acids is 2. The zero-order chi connectivity index (χ0) is 24.1. The number of Topliss-reactive ketones (excluding diaryl/α,β-unsaturated/α-hetero) is 1. The third-order valence-corrected chi connectivity index (χ3v) is 5.75. The number of rotatable bonds is 9. The number of ether oxygens (including phenoxy) is 2. The number of aliphatic hydroxyl groups is 1. The maximum absolute atomic E-state index is 13.1. The summed E-state index contributed by atoms with van der Waals surface area (Å²) < 4.78 is 10.9. The van der Waals surface area contributed by atoms with Gasteiger partial charge in [-0.25, -0.2) is 0 Å². The number of aryl methyl sites for hydroxylation is 1. The molecule has 1 heterocycles. The summed E-state index contributed by atoms with van der Waals surface area (Å²) in [4.78, 5) is 27.5. The van der Waals surface area contributed by atoms with Gasteiger partial charge in [0.15, 0.2) is 0 Å². The lowest BCUT2D eigenvalue weighted by atomic mass is 9.94. The van der Waals surface area contributed by atoms with Crippen molar-refractivity contribution in [1.29, 1.82) is 0 Å². The molecule has 7 heteroatoms. The van der Waals surface area contributed by atoms with Crippen LogP contribution < -0.4 is 4.74 Å². The van der Waals surface area contributed by atoms with Crippen LogP contribution in [0, 0.1) is 12.8 Å². The second-order valence-electron chi connectivity index (χ2n) is 8.58. The molecular weight excluding hydrogens is 442 g/mol. The highest BCUT2D eigenvalue weighted by Crippen LogP contribution is 2.40. The minimum atomic E-state index is -0.712. The molecule has 1 N–H and O–H groups in total. The fraction of sp³-hybridized carbons (Fsp3) is 0.385. The maximum atomic E-state index is 13.1. The topological polar surface area (TPSA) is 76.1 Å². The highest BCUT2D eigenvalue weighted by atomic mass is 35.5. The van der Waals surface area contributed by atoms with Crippen LogP contribution in [0.4, 0.5) is 0 Å². The Morgan fingerprint density at radius 3 is 2.45 bits per heavy atom. The van der Waals surface area contributed by atoms with E-state index in [0.717, 1.165) is 11.3 Å². The Kier molecular flexibility index (Phi) is 8.16. The Labute approximate surface area is 199 Å². The monoisotopic (exact) mass is 471 g/mol. The highest BCUT2D eigenvalue weighted by Gasteiger charge is 2.45. The van der Waals surface area contributed by atoms with E-state index in [9.17, 15) is 14.7 Å². The lowest BCUT2D eigenvalue weighted by Crippen LogP contribution is -2.31. The van der Waals surface area contributed by atoms with Crippen molar-refractivity contribution in [2.45, 2.75) is 33.2 Å². The number of hydrogen-bond acceptors (Lipinski definition) is 5. The number of amides is 1. The van der Waals surface area contributed by atoms with Gasteiger partial charge in [0, 0.05) is 30.8 Å². The smallest absolute Gasteiger partial charge is 0.295 e. The first-order valence-corrected chi connectivity index (χ1v) is 11.4. The number of nitrogens with zero attached hydrogens (tertiary/aromatic N) is 1. The van der Waals surface area contributed by atoms with E-state index in [2.05, 4.69) is 13.8 Å². The summed E-state index contributed by atoms with van der Waals surface area (Å²) in [5.41, 5.74) is 2.05. The van der Waals surface area contributed by atoms with Gasteiger partial charge in [-0.15, -0.1) is 0 Å². The minimum Gasteiger partial charge on any atom is -0.507 e. The average molecular weight is 472 g/mol. The first-order valence-electron chi connectivity index (χ1n) is 11.0. The van der Waals surface area contributed by atoms with Gasteiger partial charge < -0.3 is 19.5 Å². The van der Waals surface area contributed by atoms with E-state index in [1.807, 2.05) is 6.92 Å². The van der Waals surface area contributed by atoms with Crippen molar-refractivity contribution in [2.24, 2.45) is 5.92 Å². The molecule has 0 spiro atoms. The predicted molar refractivity (Wildman–Crippen MR) is 128 cm³/mol. The van der Waals surface area contributed by atoms with Gasteiger partial charge in [-0.2, -0.15) is 0 Å². The molecule has 0 bridgehead atoms. The van der Waals surface area contributed by atoms with Crippen LogP contribution in [-0.4, -0.2) is 48.6 Å². The van der Waals surface area contributed by atoms with E-state index in [-0.39, 0.29) is 11.3 Å². The zero-order valence-electron chi connectivity index (χ0n) is 19.4. The van der Waals surface area contributed by atoms with E-state index in [4.69, 9.17) is 21.1 Å². The number of benzene rings is 2. The molecule has 33 heavy (non-hydrogen) atoms. The lowest BCUT2D eigenvalue weighted by Gasteiger charge is -2.25. The van der Waals surface area contributed by atoms with Crippen LogP contribution in [-0.2, 0) is 14.3 Å². The van der Waals surface area contributed by atoms with Crippen molar-refractivity contribution in [3.8, 4) is 5.75 Å². The summed E-state index contributed by atoms with van der Waals surface area (Å²) >= 11 is 6.05. The van der Waals surface area contributed by atoms with E-state index in [0.29, 0.717) is 48.2 Å². The quantitative estimate of drug-likeness (QED) is 0.237. The van der Waals surface area contributed by atoms with Crippen molar-refractivity contribution in [3.63, 3.8) is 0 Å². The van der Waals surface area contributed by atoms with Gasteiger partial charge >= 0.3 is 0 Å². The van der Waals surface area contributed by atoms with Crippen LogP contribution in [0.2, 0.25) is 5.02 Å². The summed E-state index contributed by atoms with van der Waals surface area (Å²) in [7, 11) is 1.58. The molecule has 1 fully saturated rings. The van der Waals surface area contributed by atoms with E-state index < -0.39 is 17.7 Å². The molecule has 1 aliphatic heterocycles. The maximum Gasteiger partial charge on any atom is 0.295 e. The number of likely N-dealkylation sites (tertiary alicyclic amines) is 1. The van der Waals surface area contributed by atoms with Crippen LogP contribution in [0.1, 0.15) is 43.0 Å². The Balaban J connectivity index is 2.04. The van der Waals surface area contributed by atoms with E-state index >= 15 is 0 Å². The highest BCUT2D eigenvalue weighted by molar-refractivity contribution is 6.46. The Hall–Kier alpha value is -2.83. The minimum absolute atomic E-state index is 0.0648. The van der Waals surface area contributed by atoms with Gasteiger partial charge in [-0.05, 0) is 60.7 Å². The summed E-state index contributed by atoms with van der Waals surface area (Å²) in [6.45, 7) is 7.37. The molecule has 176 valence electrons. The number of carbonyl (C=O) groups is 2. The lowest BCUT2D eigenvalue weighted by molar-refractivity contribution is -0.140. The van der Waals surface area contributed by atoms with Crippen LogP contribution in [0.5, 0.6) is 5.75 Å². The summed E-state index contributed by atoms with van der Waals surface area (Å²) in [6, 6.07) is 11.5. The molecule has 2 aromatic rings. The molecule has 6 nitrogen and oxygen atoms in total.